The molecule has 0 radical (unpaired) electrons. The van der Waals surface area contributed by atoms with E-state index in [9.17, 15) is 14.4 Å². The number of aliphatic carboxylic acids is 1. The minimum Gasteiger partial charge on any atom is -0.481 e. The van der Waals surface area contributed by atoms with Gasteiger partial charge in [-0.05, 0) is 42.3 Å². The molecule has 1 aliphatic rings. The number of para-hydroxylation sites is 2. The molecule has 2 amide bonds. The zero-order valence-corrected chi connectivity index (χ0v) is 19.4. The zero-order chi connectivity index (χ0) is 24.2. The summed E-state index contributed by atoms with van der Waals surface area (Å²) in [6.45, 7) is 3.56. The first-order chi connectivity index (χ1) is 16.4. The number of hydrogen-bond acceptors (Lipinski definition) is 5. The highest BCUT2D eigenvalue weighted by atomic mass is 16.4. The smallest absolute Gasteiger partial charge is 0.305 e. The molecule has 178 valence electrons. The van der Waals surface area contributed by atoms with Crippen LogP contribution in [0, 0.1) is 0 Å². The minimum absolute atomic E-state index is 0.239. The molecule has 0 bridgehead atoms. The third-order valence-electron chi connectivity index (χ3n) is 6.03. The number of rotatable bonds is 8. The highest BCUT2D eigenvalue weighted by Crippen LogP contribution is 2.25. The van der Waals surface area contributed by atoms with Crippen LogP contribution in [0.25, 0.3) is 11.0 Å². The lowest BCUT2D eigenvalue weighted by Crippen LogP contribution is -2.39. The Morgan fingerprint density at radius 3 is 2.79 bits per heavy atom. The maximum atomic E-state index is 13.0. The van der Waals surface area contributed by atoms with Gasteiger partial charge in [0, 0.05) is 31.4 Å². The number of hydrogen-bond donors (Lipinski definition) is 3. The molecule has 1 atom stereocenters. The van der Waals surface area contributed by atoms with Crippen LogP contribution in [0.4, 0.5) is 5.69 Å². The second-order valence-electron chi connectivity index (χ2n) is 8.57. The van der Waals surface area contributed by atoms with Crippen LogP contribution in [0.5, 0.6) is 0 Å². The molecule has 0 spiro atoms. The van der Waals surface area contributed by atoms with Gasteiger partial charge in [-0.1, -0.05) is 25.5 Å². The summed E-state index contributed by atoms with van der Waals surface area (Å²) in [6, 6.07) is 12.2. The number of unbranched alkanes of at least 4 members (excludes halogenated alkanes) is 1. The summed E-state index contributed by atoms with van der Waals surface area (Å²) in [4.78, 5) is 42.8. The normalized spacial score (nSPS) is 15.5. The number of carboxylic acid groups (broad SMARTS) is 1. The quantitative estimate of drug-likeness (QED) is 0.473. The molecule has 1 aromatic heterocycles. The molecule has 9 nitrogen and oxygen atoms in total. The SMILES string of the molecule is CCCCn1c(CNC(=O)c2ccc3c(c2)CN(C)C(=O)[C@H](CC(=O)O)N3)nc2ccccc21. The van der Waals surface area contributed by atoms with Crippen molar-refractivity contribution >= 4 is 34.5 Å². The molecule has 0 fully saturated rings. The van der Waals surface area contributed by atoms with Gasteiger partial charge in [-0.3, -0.25) is 14.4 Å². The molecule has 0 saturated carbocycles. The van der Waals surface area contributed by atoms with Crippen LogP contribution in [-0.2, 0) is 29.2 Å². The van der Waals surface area contributed by atoms with Crippen LogP contribution >= 0.6 is 0 Å². The van der Waals surface area contributed by atoms with Crippen molar-refractivity contribution in [2.45, 2.75) is 51.9 Å². The van der Waals surface area contributed by atoms with Gasteiger partial charge in [0.15, 0.2) is 0 Å². The largest absolute Gasteiger partial charge is 0.481 e. The summed E-state index contributed by atoms with van der Waals surface area (Å²) in [5, 5.41) is 15.1. The van der Waals surface area contributed by atoms with Crippen molar-refractivity contribution in [1.29, 1.82) is 0 Å². The van der Waals surface area contributed by atoms with Gasteiger partial charge in [0.1, 0.15) is 11.9 Å². The maximum Gasteiger partial charge on any atom is 0.305 e. The van der Waals surface area contributed by atoms with E-state index in [4.69, 9.17) is 10.1 Å². The summed E-state index contributed by atoms with van der Waals surface area (Å²) >= 11 is 0. The molecule has 3 aromatic rings. The molecule has 1 aliphatic heterocycles. The van der Waals surface area contributed by atoms with Gasteiger partial charge in [-0.25, -0.2) is 4.98 Å². The highest BCUT2D eigenvalue weighted by molar-refractivity contribution is 5.95. The number of carbonyl (C=O) groups is 3. The first kappa shape index (κ1) is 23.3. The average Bonchev–Trinajstić information content (AvgIpc) is 3.12. The Morgan fingerprint density at radius 2 is 2.03 bits per heavy atom. The number of likely N-dealkylation sites (N-methyl/N-ethyl adjacent to an activating group) is 1. The molecule has 2 aromatic carbocycles. The Bertz CT molecular complexity index is 1240. The Morgan fingerprint density at radius 1 is 1.24 bits per heavy atom. The lowest BCUT2D eigenvalue weighted by molar-refractivity contribution is -0.141. The summed E-state index contributed by atoms with van der Waals surface area (Å²) in [6.07, 6.45) is 1.77. The Labute approximate surface area is 197 Å². The van der Waals surface area contributed by atoms with E-state index >= 15 is 0 Å². The second kappa shape index (κ2) is 9.94. The first-order valence-electron chi connectivity index (χ1n) is 11.5. The second-order valence-corrected chi connectivity index (χ2v) is 8.57. The molecule has 0 unspecified atom stereocenters. The van der Waals surface area contributed by atoms with E-state index in [0.29, 0.717) is 17.8 Å². The minimum atomic E-state index is -1.05. The number of anilines is 1. The van der Waals surface area contributed by atoms with E-state index in [1.807, 2.05) is 24.3 Å². The summed E-state index contributed by atoms with van der Waals surface area (Å²) in [7, 11) is 1.63. The average molecular weight is 464 g/mol. The molecule has 4 rings (SSSR count). The van der Waals surface area contributed by atoms with Gasteiger partial charge >= 0.3 is 5.97 Å². The Kier molecular flexibility index (Phi) is 6.81. The van der Waals surface area contributed by atoms with Crippen molar-refractivity contribution in [3.63, 3.8) is 0 Å². The fraction of sp³-hybridized carbons (Fsp3) is 0.360. The fourth-order valence-corrected chi connectivity index (χ4v) is 4.26. The van der Waals surface area contributed by atoms with Gasteiger partial charge < -0.3 is 25.2 Å². The Hall–Kier alpha value is -3.88. The van der Waals surface area contributed by atoms with Crippen molar-refractivity contribution in [2.24, 2.45) is 0 Å². The molecule has 0 aliphatic carbocycles. The molecule has 0 saturated heterocycles. The van der Waals surface area contributed by atoms with Crippen molar-refractivity contribution in [2.75, 3.05) is 12.4 Å². The number of fused-ring (bicyclic) bond motifs is 2. The Balaban J connectivity index is 1.51. The van der Waals surface area contributed by atoms with E-state index in [0.717, 1.165) is 41.8 Å². The fourth-order valence-electron chi connectivity index (χ4n) is 4.26. The van der Waals surface area contributed by atoms with Gasteiger partial charge in [-0.15, -0.1) is 0 Å². The van der Waals surface area contributed by atoms with E-state index in [1.54, 1.807) is 25.2 Å². The van der Waals surface area contributed by atoms with Crippen LogP contribution in [0.15, 0.2) is 42.5 Å². The predicted octanol–water partition coefficient (Wildman–Crippen LogP) is 2.99. The summed E-state index contributed by atoms with van der Waals surface area (Å²) in [5.41, 5.74) is 3.84. The molecule has 2 heterocycles. The third-order valence-corrected chi connectivity index (χ3v) is 6.03. The monoisotopic (exact) mass is 463 g/mol. The number of benzene rings is 2. The van der Waals surface area contributed by atoms with E-state index in [-0.39, 0.29) is 24.8 Å². The standard InChI is InChI=1S/C25H29N5O4/c1-3-4-11-30-21-8-6-5-7-19(21)28-22(30)14-26-24(33)16-9-10-18-17(12-16)15-29(2)25(34)20(27-18)13-23(31)32/h5-10,12,20,27H,3-4,11,13-15H2,1-2H3,(H,26,33)(H,31,32)/t20-/m0/s1. The number of amides is 2. The van der Waals surface area contributed by atoms with Gasteiger partial charge in [-0.2, -0.15) is 0 Å². The van der Waals surface area contributed by atoms with E-state index < -0.39 is 12.0 Å². The number of imidazole rings is 1. The highest BCUT2D eigenvalue weighted by Gasteiger charge is 2.29. The van der Waals surface area contributed by atoms with Crippen molar-refractivity contribution in [3.05, 3.63) is 59.4 Å². The molecule has 3 N–H and O–H groups in total. The number of aryl methyl sites for hydroxylation is 1. The lowest BCUT2D eigenvalue weighted by Gasteiger charge is -2.19. The topological polar surface area (TPSA) is 117 Å². The predicted molar refractivity (Wildman–Crippen MR) is 128 cm³/mol. The van der Waals surface area contributed by atoms with Crippen LogP contribution in [0.3, 0.4) is 0 Å². The number of nitrogens with zero attached hydrogens (tertiary/aromatic N) is 3. The molecule has 9 heteroatoms. The van der Waals surface area contributed by atoms with Crippen LogP contribution in [-0.4, -0.2) is 50.4 Å². The molecular formula is C25H29N5O4. The molecule has 34 heavy (non-hydrogen) atoms. The van der Waals surface area contributed by atoms with Crippen LogP contribution in [0.2, 0.25) is 0 Å². The summed E-state index contributed by atoms with van der Waals surface area (Å²) in [5.74, 6) is -0.780. The third kappa shape index (κ3) is 4.88. The lowest BCUT2D eigenvalue weighted by atomic mass is 10.1. The van der Waals surface area contributed by atoms with E-state index in [1.165, 1.54) is 4.90 Å². The van der Waals surface area contributed by atoms with Crippen molar-refractivity contribution in [1.82, 2.24) is 19.8 Å². The van der Waals surface area contributed by atoms with Crippen molar-refractivity contribution in [3.8, 4) is 0 Å². The van der Waals surface area contributed by atoms with Gasteiger partial charge in [0.05, 0.1) is 24.0 Å². The van der Waals surface area contributed by atoms with Gasteiger partial charge in [0.2, 0.25) is 5.91 Å². The maximum absolute atomic E-state index is 13.0. The summed E-state index contributed by atoms with van der Waals surface area (Å²) < 4.78 is 2.16. The number of aromatic nitrogens is 2. The number of carbonyl (C=O) groups excluding carboxylic acids is 2. The number of carboxylic acids is 1. The van der Waals surface area contributed by atoms with Crippen LogP contribution < -0.4 is 10.6 Å². The van der Waals surface area contributed by atoms with Gasteiger partial charge in [0.25, 0.3) is 5.91 Å². The van der Waals surface area contributed by atoms with E-state index in [2.05, 4.69) is 22.1 Å². The first-order valence-corrected chi connectivity index (χ1v) is 11.5. The zero-order valence-electron chi connectivity index (χ0n) is 19.4. The van der Waals surface area contributed by atoms with Crippen LogP contribution in [0.1, 0.15) is 47.9 Å². The molecular weight excluding hydrogens is 434 g/mol. The van der Waals surface area contributed by atoms with Crippen molar-refractivity contribution < 1.29 is 19.5 Å². The number of nitrogens with one attached hydrogen (secondary N) is 2.